The van der Waals surface area contributed by atoms with Gasteiger partial charge in [0, 0.05) is 27.8 Å². The van der Waals surface area contributed by atoms with Crippen LogP contribution in [-0.4, -0.2) is 4.57 Å². The molecule has 2 heteroatoms. The summed E-state index contributed by atoms with van der Waals surface area (Å²) in [6, 6.07) is 58.5. The molecule has 0 aliphatic heterocycles. The maximum Gasteiger partial charge on any atom is 0.0547 e. The molecule has 0 aliphatic carbocycles. The summed E-state index contributed by atoms with van der Waals surface area (Å²) in [6.07, 6.45) is 0. The normalized spacial score (nSPS) is 11.3. The zero-order chi connectivity index (χ0) is 27.9. The molecule has 0 saturated heterocycles. The quantitative estimate of drug-likeness (QED) is 0.231. The number of nitrogens with zero attached hydrogens (tertiary/aromatic N) is 1. The second kappa shape index (κ2) is 10.1. The molecule has 1 N–H and O–H groups in total. The van der Waals surface area contributed by atoms with Gasteiger partial charge in [-0.1, -0.05) is 109 Å². The fraction of sp³-hybridized carbons (Fsp3) is 0. The largest absolute Gasteiger partial charge is 0.356 e. The van der Waals surface area contributed by atoms with Gasteiger partial charge in [-0.2, -0.15) is 0 Å². The van der Waals surface area contributed by atoms with Gasteiger partial charge in [0.05, 0.1) is 11.0 Å². The summed E-state index contributed by atoms with van der Waals surface area (Å²) < 4.78 is 2.39. The Balaban J connectivity index is 1.16. The Morgan fingerprint density at radius 2 is 0.929 bits per heavy atom. The van der Waals surface area contributed by atoms with E-state index in [2.05, 4.69) is 168 Å². The fourth-order valence-corrected chi connectivity index (χ4v) is 6.11. The molecule has 0 radical (unpaired) electrons. The minimum absolute atomic E-state index is 1.07. The number of rotatable bonds is 5. The molecule has 8 rings (SSSR count). The molecule has 2 nitrogen and oxygen atoms in total. The second-order valence-electron chi connectivity index (χ2n) is 10.7. The van der Waals surface area contributed by atoms with Gasteiger partial charge in [0.2, 0.25) is 0 Å². The first-order chi connectivity index (χ1) is 20.8. The molecule has 0 fully saturated rings. The second-order valence-corrected chi connectivity index (χ2v) is 10.7. The predicted octanol–water partition coefficient (Wildman–Crippen LogP) is 11.0. The van der Waals surface area contributed by atoms with Crippen LogP contribution in [0.15, 0.2) is 164 Å². The number of benzene rings is 7. The molecule has 0 spiro atoms. The molecular formula is C40H28N2. The Morgan fingerprint density at radius 3 is 1.64 bits per heavy atom. The van der Waals surface area contributed by atoms with Crippen LogP contribution in [0.1, 0.15) is 0 Å². The SMILES string of the molecule is c1ccc(-c2ccc(Nc3ccc(-c4ccc5c(c4)c4c6ccccc6ccc4n5-c4ccccc4)cc3)cc2)cc1. The molecule has 0 amide bonds. The summed E-state index contributed by atoms with van der Waals surface area (Å²) in [5.41, 5.74) is 10.6. The van der Waals surface area contributed by atoms with E-state index in [1.807, 2.05) is 6.07 Å². The molecule has 0 saturated carbocycles. The van der Waals surface area contributed by atoms with Crippen molar-refractivity contribution in [3.05, 3.63) is 164 Å². The van der Waals surface area contributed by atoms with Crippen LogP contribution in [0.2, 0.25) is 0 Å². The number of aromatic nitrogens is 1. The summed E-state index contributed by atoms with van der Waals surface area (Å²) in [5.74, 6) is 0. The number of fused-ring (bicyclic) bond motifs is 5. The lowest BCUT2D eigenvalue weighted by molar-refractivity contribution is 1.18. The Labute approximate surface area is 245 Å². The first-order valence-corrected chi connectivity index (χ1v) is 14.4. The Bertz CT molecular complexity index is 2170. The van der Waals surface area contributed by atoms with Crippen molar-refractivity contribution in [1.82, 2.24) is 4.57 Å². The number of anilines is 2. The molecule has 1 aromatic heterocycles. The summed E-state index contributed by atoms with van der Waals surface area (Å²) >= 11 is 0. The number of hydrogen-bond donors (Lipinski definition) is 1. The molecule has 0 aliphatic rings. The molecule has 0 unspecified atom stereocenters. The van der Waals surface area contributed by atoms with E-state index in [0.29, 0.717) is 0 Å². The van der Waals surface area contributed by atoms with Gasteiger partial charge in [-0.15, -0.1) is 0 Å². The van der Waals surface area contributed by atoms with Crippen LogP contribution in [-0.2, 0) is 0 Å². The minimum atomic E-state index is 1.07. The van der Waals surface area contributed by atoms with Crippen LogP contribution in [0.4, 0.5) is 11.4 Å². The monoisotopic (exact) mass is 536 g/mol. The topological polar surface area (TPSA) is 17.0 Å². The fourth-order valence-electron chi connectivity index (χ4n) is 6.11. The van der Waals surface area contributed by atoms with E-state index < -0.39 is 0 Å². The van der Waals surface area contributed by atoms with Gasteiger partial charge in [-0.05, 0) is 87.6 Å². The average Bonchev–Trinajstić information content (AvgIpc) is 3.40. The van der Waals surface area contributed by atoms with Gasteiger partial charge in [-0.25, -0.2) is 0 Å². The standard InChI is InChI=1S/C40H28N2/c1-3-9-28(10-4-1)29-15-21-33(22-16-29)41-34-23-17-30(18-24-34)32-20-25-38-37(27-32)40-36-14-8-7-11-31(36)19-26-39(40)42(38)35-12-5-2-6-13-35/h1-27,41H. The molecular weight excluding hydrogens is 508 g/mol. The summed E-state index contributed by atoms with van der Waals surface area (Å²) in [5, 5.41) is 8.66. The first kappa shape index (κ1) is 24.2. The lowest BCUT2D eigenvalue weighted by atomic mass is 10.00. The number of para-hydroxylation sites is 1. The highest BCUT2D eigenvalue weighted by Gasteiger charge is 2.15. The van der Waals surface area contributed by atoms with Gasteiger partial charge >= 0.3 is 0 Å². The van der Waals surface area contributed by atoms with E-state index in [1.54, 1.807) is 0 Å². The van der Waals surface area contributed by atoms with Crippen molar-refractivity contribution >= 4 is 44.0 Å². The highest BCUT2D eigenvalue weighted by Crippen LogP contribution is 2.39. The maximum atomic E-state index is 3.55. The highest BCUT2D eigenvalue weighted by atomic mass is 15.0. The van der Waals surface area contributed by atoms with E-state index in [9.17, 15) is 0 Å². The van der Waals surface area contributed by atoms with Crippen molar-refractivity contribution in [2.45, 2.75) is 0 Å². The number of hydrogen-bond acceptors (Lipinski definition) is 1. The van der Waals surface area contributed by atoms with Crippen LogP contribution in [0.3, 0.4) is 0 Å². The molecule has 42 heavy (non-hydrogen) atoms. The third-order valence-electron chi connectivity index (χ3n) is 8.17. The molecule has 8 aromatic rings. The molecule has 0 atom stereocenters. The van der Waals surface area contributed by atoms with Crippen molar-refractivity contribution in [2.75, 3.05) is 5.32 Å². The third kappa shape index (κ3) is 4.22. The summed E-state index contributed by atoms with van der Waals surface area (Å²) in [4.78, 5) is 0. The van der Waals surface area contributed by atoms with E-state index in [-0.39, 0.29) is 0 Å². The van der Waals surface area contributed by atoms with Gasteiger partial charge in [0.25, 0.3) is 0 Å². The smallest absolute Gasteiger partial charge is 0.0547 e. The minimum Gasteiger partial charge on any atom is -0.356 e. The van der Waals surface area contributed by atoms with Crippen molar-refractivity contribution in [2.24, 2.45) is 0 Å². The molecule has 7 aromatic carbocycles. The maximum absolute atomic E-state index is 3.55. The molecule has 1 heterocycles. The third-order valence-corrected chi connectivity index (χ3v) is 8.17. The zero-order valence-electron chi connectivity index (χ0n) is 23.0. The Morgan fingerprint density at radius 1 is 0.381 bits per heavy atom. The predicted molar refractivity (Wildman–Crippen MR) is 179 cm³/mol. The zero-order valence-corrected chi connectivity index (χ0v) is 23.0. The van der Waals surface area contributed by atoms with Crippen molar-refractivity contribution in [3.63, 3.8) is 0 Å². The van der Waals surface area contributed by atoms with E-state index in [4.69, 9.17) is 0 Å². The van der Waals surface area contributed by atoms with Crippen molar-refractivity contribution < 1.29 is 0 Å². The Hall–Kier alpha value is -5.60. The van der Waals surface area contributed by atoms with Crippen LogP contribution in [0.5, 0.6) is 0 Å². The number of nitrogens with one attached hydrogen (secondary N) is 1. The highest BCUT2D eigenvalue weighted by molar-refractivity contribution is 6.21. The summed E-state index contributed by atoms with van der Waals surface area (Å²) in [6.45, 7) is 0. The van der Waals surface area contributed by atoms with Crippen LogP contribution < -0.4 is 5.32 Å². The lowest BCUT2D eigenvalue weighted by Crippen LogP contribution is -1.93. The average molecular weight is 537 g/mol. The van der Waals surface area contributed by atoms with Gasteiger partial charge in [0.1, 0.15) is 0 Å². The molecule has 198 valence electrons. The van der Waals surface area contributed by atoms with E-state index in [0.717, 1.165) is 11.4 Å². The Kier molecular flexibility index (Phi) is 5.82. The van der Waals surface area contributed by atoms with Gasteiger partial charge in [0.15, 0.2) is 0 Å². The van der Waals surface area contributed by atoms with Crippen molar-refractivity contribution in [3.8, 4) is 27.9 Å². The van der Waals surface area contributed by atoms with Crippen molar-refractivity contribution in [1.29, 1.82) is 0 Å². The van der Waals surface area contributed by atoms with Crippen LogP contribution >= 0.6 is 0 Å². The first-order valence-electron chi connectivity index (χ1n) is 14.4. The van der Waals surface area contributed by atoms with Crippen LogP contribution in [0.25, 0.3) is 60.5 Å². The van der Waals surface area contributed by atoms with Gasteiger partial charge in [-0.3, -0.25) is 0 Å². The summed E-state index contributed by atoms with van der Waals surface area (Å²) in [7, 11) is 0. The lowest BCUT2D eigenvalue weighted by Gasteiger charge is -2.10. The van der Waals surface area contributed by atoms with E-state index in [1.165, 1.54) is 60.5 Å². The van der Waals surface area contributed by atoms with E-state index >= 15 is 0 Å². The molecule has 0 bridgehead atoms. The van der Waals surface area contributed by atoms with Gasteiger partial charge < -0.3 is 9.88 Å². The van der Waals surface area contributed by atoms with Crippen LogP contribution in [0, 0.1) is 0 Å².